The van der Waals surface area contributed by atoms with Gasteiger partial charge >= 0.3 is 0 Å². The van der Waals surface area contributed by atoms with E-state index in [2.05, 4.69) is 30.8 Å². The molecule has 3 heterocycles. The van der Waals surface area contributed by atoms with Crippen molar-refractivity contribution in [3.8, 4) is 18.1 Å². The third kappa shape index (κ3) is 8.06. The number of benzene rings is 1. The number of carbonyl (C=O) groups is 1. The number of piperazine rings is 1. The van der Waals surface area contributed by atoms with E-state index in [1.54, 1.807) is 35.5 Å². The number of terminal acetylenes is 1. The van der Waals surface area contributed by atoms with Crippen LogP contribution in [0.1, 0.15) is 12.8 Å². The van der Waals surface area contributed by atoms with Gasteiger partial charge < -0.3 is 25.2 Å². The molecule has 4 rings (SSSR count). The maximum atomic E-state index is 11.7. The number of rotatable bonds is 7. The lowest BCUT2D eigenvalue weighted by atomic mass is 10.2. The highest BCUT2D eigenvalue weighted by molar-refractivity contribution is 8.00. The van der Waals surface area contributed by atoms with Crippen LogP contribution in [0.2, 0.25) is 5.02 Å². The predicted octanol–water partition coefficient (Wildman–Crippen LogP) is 3.62. The fourth-order valence-electron chi connectivity index (χ4n) is 3.54. The largest absolute Gasteiger partial charge is 0.508 e. The Morgan fingerprint density at radius 3 is 2.79 bits per heavy atom. The molecule has 1 aromatic heterocycles. The Bertz CT molecular complexity index is 1010. The number of hydrogen-bond donors (Lipinski definition) is 4. The van der Waals surface area contributed by atoms with Gasteiger partial charge in [0.05, 0.1) is 5.70 Å². The van der Waals surface area contributed by atoms with Crippen LogP contribution in [0.5, 0.6) is 5.75 Å². The SMILES string of the molecule is C#C/C=C(\C=C/CSNc1ncc[nH]1)N1CCCC1=O.Oc1cc(Cl)cc(N2CCNCC2)c1. The van der Waals surface area contributed by atoms with Gasteiger partial charge in [-0.25, -0.2) is 4.98 Å². The number of imidazole rings is 1. The Hall–Kier alpha value is -3.06. The molecule has 0 unspecified atom stereocenters. The molecule has 2 aliphatic heterocycles. The van der Waals surface area contributed by atoms with E-state index in [0.29, 0.717) is 11.4 Å². The number of carbonyl (C=O) groups excluding carboxylic acids is 1. The Morgan fingerprint density at radius 1 is 1.32 bits per heavy atom. The van der Waals surface area contributed by atoms with Crippen LogP contribution in [0.4, 0.5) is 11.6 Å². The number of anilines is 2. The standard InChI is InChI=1S/C14H16N4OS.C10H13ClN2O/c1-2-5-12(18-10-3-7-13(18)19)6-4-11-20-17-14-15-8-9-16-14;11-8-5-9(7-10(14)6-8)13-3-1-12-2-4-13/h1,4-6,8-9H,3,7,10-11H2,(H2,15,16,17);5-7,12,14H,1-4H2/b6-4-,12-5+;. The number of aromatic hydroxyl groups is 1. The zero-order chi connectivity index (χ0) is 24.2. The molecular formula is C24H29ClN6O2S. The molecule has 2 aliphatic rings. The third-order valence-corrected chi connectivity index (χ3v) is 6.02. The first-order valence-corrected chi connectivity index (χ1v) is 12.4. The van der Waals surface area contributed by atoms with Crippen molar-refractivity contribution in [2.24, 2.45) is 0 Å². The van der Waals surface area contributed by atoms with Gasteiger partial charge in [0.2, 0.25) is 11.9 Å². The second kappa shape index (κ2) is 13.6. The quantitative estimate of drug-likeness (QED) is 0.199. The highest BCUT2D eigenvalue weighted by Gasteiger charge is 2.21. The van der Waals surface area contributed by atoms with Gasteiger partial charge in [0.25, 0.3) is 0 Å². The summed E-state index contributed by atoms with van der Waals surface area (Å²) in [4.78, 5) is 22.6. The van der Waals surface area contributed by atoms with Crippen LogP contribution >= 0.6 is 23.5 Å². The summed E-state index contributed by atoms with van der Waals surface area (Å²) in [5.41, 5.74) is 1.78. The van der Waals surface area contributed by atoms with E-state index >= 15 is 0 Å². The van der Waals surface area contributed by atoms with Gasteiger partial charge in [-0.2, -0.15) is 0 Å². The van der Waals surface area contributed by atoms with E-state index in [9.17, 15) is 9.90 Å². The number of aromatic amines is 1. The Balaban J connectivity index is 0.000000202. The van der Waals surface area contributed by atoms with Crippen LogP contribution in [0, 0.1) is 12.3 Å². The Labute approximate surface area is 209 Å². The van der Waals surface area contributed by atoms with Crippen LogP contribution < -0.4 is 14.9 Å². The van der Waals surface area contributed by atoms with Crippen molar-refractivity contribution >= 4 is 41.1 Å². The molecule has 2 saturated heterocycles. The lowest BCUT2D eigenvalue weighted by molar-refractivity contribution is -0.125. The van der Waals surface area contributed by atoms with E-state index in [0.717, 1.165) is 62.2 Å². The predicted molar refractivity (Wildman–Crippen MR) is 140 cm³/mol. The molecule has 0 radical (unpaired) electrons. The molecule has 0 atom stereocenters. The molecule has 34 heavy (non-hydrogen) atoms. The van der Waals surface area contributed by atoms with Crippen molar-refractivity contribution in [2.45, 2.75) is 12.8 Å². The normalized spacial score (nSPS) is 16.4. The number of halogens is 1. The van der Waals surface area contributed by atoms with Gasteiger partial charge in [0.15, 0.2) is 0 Å². The smallest absolute Gasteiger partial charge is 0.227 e. The van der Waals surface area contributed by atoms with Crippen LogP contribution in [0.15, 0.2) is 54.5 Å². The van der Waals surface area contributed by atoms with E-state index in [4.69, 9.17) is 18.0 Å². The number of likely N-dealkylation sites (tertiary alicyclic amines) is 1. The zero-order valence-corrected chi connectivity index (χ0v) is 20.4. The third-order valence-electron chi connectivity index (χ3n) is 5.10. The van der Waals surface area contributed by atoms with Crippen molar-refractivity contribution in [3.05, 3.63) is 59.5 Å². The summed E-state index contributed by atoms with van der Waals surface area (Å²) >= 11 is 7.37. The number of nitrogens with one attached hydrogen (secondary N) is 3. The molecule has 1 amide bonds. The zero-order valence-electron chi connectivity index (χ0n) is 18.8. The fraction of sp³-hybridized carbons (Fsp3) is 0.333. The van der Waals surface area contributed by atoms with Gasteiger partial charge in [0.1, 0.15) is 5.75 Å². The minimum Gasteiger partial charge on any atom is -0.508 e. The maximum absolute atomic E-state index is 11.7. The lowest BCUT2D eigenvalue weighted by Gasteiger charge is -2.29. The number of phenols is 1. The second-order valence-electron chi connectivity index (χ2n) is 7.54. The Morgan fingerprint density at radius 2 is 2.15 bits per heavy atom. The van der Waals surface area contributed by atoms with Gasteiger partial charge in [-0.15, -0.1) is 6.42 Å². The molecule has 1 aromatic carbocycles. The fourth-order valence-corrected chi connectivity index (χ4v) is 4.28. The van der Waals surface area contributed by atoms with E-state index in [-0.39, 0.29) is 11.7 Å². The highest BCUT2D eigenvalue weighted by atomic mass is 35.5. The summed E-state index contributed by atoms with van der Waals surface area (Å²) in [5.74, 6) is 4.31. The topological polar surface area (TPSA) is 96.5 Å². The number of allylic oxidation sites excluding steroid dienone is 2. The van der Waals surface area contributed by atoms with Crippen molar-refractivity contribution in [1.29, 1.82) is 0 Å². The monoisotopic (exact) mass is 500 g/mol. The minimum absolute atomic E-state index is 0.137. The molecule has 180 valence electrons. The average Bonchev–Trinajstić information content (AvgIpc) is 3.50. The van der Waals surface area contributed by atoms with Gasteiger partial charge in [-0.1, -0.05) is 23.6 Å². The summed E-state index contributed by atoms with van der Waals surface area (Å²) < 4.78 is 3.07. The number of H-pyrrole nitrogens is 1. The van der Waals surface area contributed by atoms with Crippen LogP contribution in [0.25, 0.3) is 0 Å². The molecule has 2 aromatic rings. The average molecular weight is 501 g/mol. The van der Waals surface area contributed by atoms with Gasteiger partial charge in [-0.3, -0.25) is 9.52 Å². The number of hydrogen-bond acceptors (Lipinski definition) is 7. The number of phenolic OH excluding ortho intramolecular Hbond substituents is 1. The molecule has 0 aliphatic carbocycles. The molecule has 2 fully saturated rings. The van der Waals surface area contributed by atoms with E-state index in [1.165, 1.54) is 11.9 Å². The Kier molecular flexibility index (Phi) is 10.2. The molecule has 0 saturated carbocycles. The van der Waals surface area contributed by atoms with Crippen molar-refractivity contribution < 1.29 is 9.90 Å². The van der Waals surface area contributed by atoms with Gasteiger partial charge in [0, 0.05) is 80.1 Å². The summed E-state index contributed by atoms with van der Waals surface area (Å²) in [6.07, 6.45) is 15.7. The van der Waals surface area contributed by atoms with Crippen LogP contribution in [-0.2, 0) is 4.79 Å². The van der Waals surface area contributed by atoms with E-state index in [1.807, 2.05) is 18.2 Å². The first-order valence-electron chi connectivity index (χ1n) is 11.0. The summed E-state index contributed by atoms with van der Waals surface area (Å²) in [5, 5.41) is 13.3. The summed E-state index contributed by atoms with van der Waals surface area (Å²) in [7, 11) is 0. The van der Waals surface area contributed by atoms with Crippen molar-refractivity contribution in [1.82, 2.24) is 20.2 Å². The first kappa shape index (κ1) is 25.6. The molecular weight excluding hydrogens is 472 g/mol. The highest BCUT2D eigenvalue weighted by Crippen LogP contribution is 2.26. The molecule has 8 nitrogen and oxygen atoms in total. The summed E-state index contributed by atoms with van der Waals surface area (Å²) in [6.45, 7) is 4.62. The maximum Gasteiger partial charge on any atom is 0.227 e. The lowest BCUT2D eigenvalue weighted by Crippen LogP contribution is -2.43. The van der Waals surface area contributed by atoms with Crippen LogP contribution in [-0.4, -0.2) is 64.4 Å². The molecule has 10 heteroatoms. The molecule has 0 bridgehead atoms. The molecule has 4 N–H and O–H groups in total. The van der Waals surface area contributed by atoms with Crippen molar-refractivity contribution in [2.75, 3.05) is 48.1 Å². The van der Waals surface area contributed by atoms with Crippen molar-refractivity contribution in [3.63, 3.8) is 0 Å². The van der Waals surface area contributed by atoms with Gasteiger partial charge in [-0.05, 0) is 36.6 Å². The second-order valence-corrected chi connectivity index (χ2v) is 8.81. The number of aromatic nitrogens is 2. The van der Waals surface area contributed by atoms with E-state index < -0.39 is 0 Å². The first-order chi connectivity index (χ1) is 16.6. The molecule has 0 spiro atoms. The number of amides is 1. The number of nitrogens with zero attached hydrogens (tertiary/aromatic N) is 3. The summed E-state index contributed by atoms with van der Waals surface area (Å²) in [6, 6.07) is 5.18. The van der Waals surface area contributed by atoms with Crippen LogP contribution in [0.3, 0.4) is 0 Å². The minimum atomic E-state index is 0.137.